The van der Waals surface area contributed by atoms with Crippen LogP contribution in [0, 0.1) is 5.82 Å². The molecule has 3 rings (SSSR count). The molecule has 1 aliphatic heterocycles. The van der Waals surface area contributed by atoms with Crippen LogP contribution in [-0.2, 0) is 21.6 Å². The zero-order chi connectivity index (χ0) is 26.9. The average Bonchev–Trinajstić information content (AvgIpc) is 2.75. The Morgan fingerprint density at radius 3 is 2.58 bits per heavy atom. The predicted molar refractivity (Wildman–Crippen MR) is 126 cm³/mol. The summed E-state index contributed by atoms with van der Waals surface area (Å²) in [5, 5.41) is 5.03. The van der Waals surface area contributed by atoms with E-state index in [0.717, 1.165) is 19.1 Å². The first-order chi connectivity index (χ1) is 16.6. The number of hydrogen-bond donors (Lipinski definition) is 3. The molecule has 13 heteroatoms. The van der Waals surface area contributed by atoms with E-state index in [2.05, 4.69) is 20.6 Å². The fraction of sp³-hybridized carbons (Fsp3) is 0.391. The zero-order valence-corrected chi connectivity index (χ0v) is 20.7. The number of hydrogen-bond acceptors (Lipinski definition) is 7. The van der Waals surface area contributed by atoms with E-state index in [1.807, 2.05) is 0 Å². The van der Waals surface area contributed by atoms with Crippen LogP contribution < -0.4 is 16.4 Å². The van der Waals surface area contributed by atoms with E-state index in [4.69, 9.17) is 26.8 Å². The molecule has 1 aromatic heterocycles. The van der Waals surface area contributed by atoms with E-state index in [1.165, 1.54) is 18.3 Å². The highest BCUT2D eigenvalue weighted by molar-refractivity contribution is 6.30. The van der Waals surface area contributed by atoms with Crippen molar-refractivity contribution in [3.8, 4) is 0 Å². The van der Waals surface area contributed by atoms with Gasteiger partial charge in [0.2, 0.25) is 0 Å². The zero-order valence-electron chi connectivity index (χ0n) is 19.9. The number of aliphatic imine (C=N–C) groups is 1. The van der Waals surface area contributed by atoms with Gasteiger partial charge in [-0.3, -0.25) is 4.79 Å². The maximum absolute atomic E-state index is 15.2. The number of amides is 2. The van der Waals surface area contributed by atoms with Crippen molar-refractivity contribution >= 4 is 35.3 Å². The number of aromatic nitrogens is 1. The quantitative estimate of drug-likeness (QED) is 0.513. The monoisotopic (exact) mass is 527 g/mol. The normalized spacial score (nSPS) is 19.1. The molecule has 36 heavy (non-hydrogen) atoms. The van der Waals surface area contributed by atoms with Crippen LogP contribution in [0.15, 0.2) is 35.5 Å². The number of alkyl carbamates (subject to hydrolysis) is 1. The predicted octanol–water partition coefficient (Wildman–Crippen LogP) is 4.15. The molecule has 0 fully saturated rings. The second-order valence-electron chi connectivity index (χ2n) is 9.18. The van der Waals surface area contributed by atoms with Crippen LogP contribution in [0.5, 0.6) is 0 Å². The Labute approximate surface area is 210 Å². The van der Waals surface area contributed by atoms with Crippen molar-refractivity contribution in [1.82, 2.24) is 15.6 Å². The van der Waals surface area contributed by atoms with Gasteiger partial charge in [-0.25, -0.2) is 24.5 Å². The molecule has 0 bridgehead atoms. The molecule has 1 atom stereocenters. The summed E-state index contributed by atoms with van der Waals surface area (Å²) in [7, 11) is 0. The van der Waals surface area contributed by atoms with Gasteiger partial charge >= 0.3 is 12.0 Å². The number of alkyl halides is 2. The van der Waals surface area contributed by atoms with E-state index in [-0.39, 0.29) is 23.5 Å². The number of nitrogens with one attached hydrogen (secondary N) is 2. The Hall–Kier alpha value is -3.54. The van der Waals surface area contributed by atoms with Gasteiger partial charge in [0.25, 0.3) is 11.9 Å². The molecule has 4 N–H and O–H groups in total. The number of pyridine rings is 1. The summed E-state index contributed by atoms with van der Waals surface area (Å²) in [5.74, 6) is -5.27. The lowest BCUT2D eigenvalue weighted by atomic mass is 9.84. The third-order valence-electron chi connectivity index (χ3n) is 5.19. The van der Waals surface area contributed by atoms with E-state index in [9.17, 15) is 18.4 Å². The second-order valence-corrected chi connectivity index (χ2v) is 9.62. The smallest absolute Gasteiger partial charge is 0.415 e. The highest BCUT2D eigenvalue weighted by atomic mass is 35.5. The summed E-state index contributed by atoms with van der Waals surface area (Å²) < 4.78 is 55.0. The molecule has 2 aromatic rings. The molecule has 2 heterocycles. The highest BCUT2D eigenvalue weighted by Crippen LogP contribution is 2.45. The summed E-state index contributed by atoms with van der Waals surface area (Å²) in [6.45, 7) is 4.46. The third kappa shape index (κ3) is 5.99. The third-order valence-corrected chi connectivity index (χ3v) is 5.41. The molecule has 0 spiro atoms. The molecular formula is C23H25ClF3N5O4. The molecule has 0 saturated heterocycles. The lowest BCUT2D eigenvalue weighted by molar-refractivity contribution is -0.118. The van der Waals surface area contributed by atoms with E-state index in [0.29, 0.717) is 5.02 Å². The van der Waals surface area contributed by atoms with Gasteiger partial charge in [0, 0.05) is 24.0 Å². The highest BCUT2D eigenvalue weighted by Gasteiger charge is 2.57. The number of carbonyl (C=O) groups is 2. The maximum atomic E-state index is 15.2. The van der Waals surface area contributed by atoms with Crippen LogP contribution in [0.25, 0.3) is 0 Å². The Kier molecular flexibility index (Phi) is 7.40. The Morgan fingerprint density at radius 2 is 1.97 bits per heavy atom. The number of nitrogen functional groups attached to an aromatic ring is 1. The number of ether oxygens (including phenoxy) is 2. The Bertz CT molecular complexity index is 1200. The fourth-order valence-electron chi connectivity index (χ4n) is 3.26. The number of carbonyl (C=O) groups excluding carboxylic acids is 2. The fourth-order valence-corrected chi connectivity index (χ4v) is 3.37. The van der Waals surface area contributed by atoms with E-state index < -0.39 is 53.1 Å². The SMILES string of the molecule is CC(C)(C)OC(=O)NC1=N[C@](C)(c2cc(N)c(CNC(=O)c3ccc(Cl)cn3)cc2F)C(F)(F)CO1. The lowest BCUT2D eigenvalue weighted by Gasteiger charge is -2.38. The van der Waals surface area contributed by atoms with Gasteiger partial charge in [-0.15, -0.1) is 0 Å². The number of anilines is 1. The van der Waals surface area contributed by atoms with Crippen molar-refractivity contribution in [3.63, 3.8) is 0 Å². The molecule has 1 aliphatic rings. The number of benzene rings is 1. The number of nitrogens with zero attached hydrogens (tertiary/aromatic N) is 2. The van der Waals surface area contributed by atoms with E-state index >= 15 is 4.39 Å². The van der Waals surface area contributed by atoms with Gasteiger partial charge in [-0.2, -0.15) is 8.78 Å². The van der Waals surface area contributed by atoms with Crippen LogP contribution in [0.3, 0.4) is 0 Å². The van der Waals surface area contributed by atoms with Crippen molar-refractivity contribution in [1.29, 1.82) is 0 Å². The summed E-state index contributed by atoms with van der Waals surface area (Å²) in [5.41, 5.74) is 2.32. The van der Waals surface area contributed by atoms with Crippen molar-refractivity contribution < 1.29 is 32.2 Å². The van der Waals surface area contributed by atoms with Gasteiger partial charge in [0.1, 0.15) is 17.1 Å². The molecule has 0 aliphatic carbocycles. The van der Waals surface area contributed by atoms with Crippen LogP contribution >= 0.6 is 11.6 Å². The summed E-state index contributed by atoms with van der Waals surface area (Å²) in [6, 6.07) is 4.29. The van der Waals surface area contributed by atoms with Gasteiger partial charge in [-0.05, 0) is 57.5 Å². The molecular weight excluding hydrogens is 503 g/mol. The molecule has 2 amide bonds. The summed E-state index contributed by atoms with van der Waals surface area (Å²) in [6.07, 6.45) is 0.315. The minimum absolute atomic E-state index is 0.0591. The molecule has 0 saturated carbocycles. The first kappa shape index (κ1) is 27.1. The molecule has 1 aromatic carbocycles. The average molecular weight is 528 g/mol. The Morgan fingerprint density at radius 1 is 1.28 bits per heavy atom. The van der Waals surface area contributed by atoms with Crippen molar-refractivity contribution in [2.45, 2.75) is 51.3 Å². The summed E-state index contributed by atoms with van der Waals surface area (Å²) >= 11 is 5.75. The molecule has 0 radical (unpaired) electrons. The Balaban J connectivity index is 1.85. The summed E-state index contributed by atoms with van der Waals surface area (Å²) in [4.78, 5) is 32.0. The largest absolute Gasteiger partial charge is 0.458 e. The first-order valence-corrected chi connectivity index (χ1v) is 11.1. The number of halogens is 4. The van der Waals surface area contributed by atoms with Crippen molar-refractivity contribution in [2.75, 3.05) is 12.3 Å². The van der Waals surface area contributed by atoms with Gasteiger partial charge in [0.15, 0.2) is 12.1 Å². The second kappa shape index (κ2) is 9.84. The standard InChI is InChI=1S/C23H25ClF3N5O4/c1-21(2,3)36-20(34)31-19-32-22(4,23(26,27)11-35-19)14-8-16(28)12(7-15(14)25)9-30-18(33)17-6-5-13(24)10-29-17/h5-8,10H,9,11,28H2,1-4H3,(H,30,33)(H,31,32,34)/t22-/m1/s1. The maximum Gasteiger partial charge on any atom is 0.415 e. The van der Waals surface area contributed by atoms with Crippen LogP contribution in [0.4, 0.5) is 23.7 Å². The first-order valence-electron chi connectivity index (χ1n) is 10.7. The van der Waals surface area contributed by atoms with Crippen LogP contribution in [0.2, 0.25) is 5.02 Å². The minimum atomic E-state index is -3.66. The number of nitrogens with two attached hydrogens (primary N) is 1. The molecule has 194 valence electrons. The van der Waals surface area contributed by atoms with Gasteiger partial charge in [0.05, 0.1) is 5.02 Å². The number of amidine groups is 1. The van der Waals surface area contributed by atoms with Gasteiger partial charge in [-0.1, -0.05) is 11.6 Å². The lowest BCUT2D eigenvalue weighted by Crippen LogP contribution is -2.53. The van der Waals surface area contributed by atoms with Crippen LogP contribution in [0.1, 0.15) is 49.3 Å². The van der Waals surface area contributed by atoms with Crippen molar-refractivity contribution in [3.05, 3.63) is 58.1 Å². The topological polar surface area (TPSA) is 128 Å². The minimum Gasteiger partial charge on any atom is -0.458 e. The number of rotatable bonds is 4. The molecule has 0 unspecified atom stereocenters. The van der Waals surface area contributed by atoms with Crippen molar-refractivity contribution in [2.24, 2.45) is 4.99 Å². The molecule has 9 nitrogen and oxygen atoms in total. The van der Waals surface area contributed by atoms with Crippen LogP contribution in [-0.4, -0.2) is 41.1 Å². The van der Waals surface area contributed by atoms with E-state index in [1.54, 1.807) is 20.8 Å². The van der Waals surface area contributed by atoms with Gasteiger partial charge < -0.3 is 20.5 Å².